The summed E-state index contributed by atoms with van der Waals surface area (Å²) >= 11 is 5.98. The number of rotatable bonds is 4. The number of allylic oxidation sites excluding steroid dienone is 1. The number of hydrogen-bond donors (Lipinski definition) is 2. The topological polar surface area (TPSA) is 68.4 Å². The maximum atomic E-state index is 13.0. The zero-order valence-electron chi connectivity index (χ0n) is 15.7. The molecule has 0 amide bonds. The minimum absolute atomic E-state index is 0.0782. The normalized spacial score (nSPS) is 20.6. The molecule has 6 nitrogen and oxygen atoms in total. The molecule has 2 aromatic carbocycles. The Hall–Kier alpha value is -3.01. The lowest BCUT2D eigenvalue weighted by Gasteiger charge is -2.16. The maximum Gasteiger partial charge on any atom is 0.416 e. The third kappa shape index (κ3) is 4.12. The quantitative estimate of drug-likeness (QED) is 0.546. The van der Waals surface area contributed by atoms with E-state index in [4.69, 9.17) is 25.8 Å². The summed E-state index contributed by atoms with van der Waals surface area (Å²) < 4.78 is 55.6. The van der Waals surface area contributed by atoms with Crippen LogP contribution in [0, 0.1) is 0 Å². The predicted octanol–water partition coefficient (Wildman–Crippen LogP) is 5.55. The standard InChI is InChI=1S/C21H15ClF3N3O3/c22-15-7-11(21(23,24)25)8-16-19(15)28-20(27-16)26-12-1-3-13(4-2-12)31-14-5-6-17-18(9-14)30-10-29-17/h1-9,17-18H,10H2,(H2,26,27,28). The van der Waals surface area contributed by atoms with Crippen LogP contribution in [0.4, 0.5) is 24.8 Å². The zero-order valence-corrected chi connectivity index (χ0v) is 16.5. The van der Waals surface area contributed by atoms with Crippen LogP contribution in [0.25, 0.3) is 11.0 Å². The van der Waals surface area contributed by atoms with E-state index in [1.54, 1.807) is 24.3 Å². The molecular weight excluding hydrogens is 435 g/mol. The van der Waals surface area contributed by atoms with E-state index < -0.39 is 11.7 Å². The number of anilines is 2. The first-order valence-electron chi connectivity index (χ1n) is 9.30. The Morgan fingerprint density at radius 1 is 1.13 bits per heavy atom. The molecule has 3 aromatic rings. The number of ether oxygens (including phenoxy) is 3. The average Bonchev–Trinajstić information content (AvgIpc) is 3.35. The molecule has 0 spiro atoms. The molecule has 2 heterocycles. The van der Waals surface area contributed by atoms with Crippen molar-refractivity contribution in [2.45, 2.75) is 18.4 Å². The van der Waals surface area contributed by atoms with Gasteiger partial charge in [0.15, 0.2) is 0 Å². The molecule has 0 saturated carbocycles. The number of halogens is 4. The van der Waals surface area contributed by atoms with E-state index in [1.165, 1.54) is 0 Å². The molecule has 2 N–H and O–H groups in total. The molecule has 0 radical (unpaired) electrons. The Morgan fingerprint density at radius 3 is 2.68 bits per heavy atom. The first-order valence-corrected chi connectivity index (χ1v) is 9.67. The zero-order chi connectivity index (χ0) is 21.6. The lowest BCUT2D eigenvalue weighted by Crippen LogP contribution is -2.21. The van der Waals surface area contributed by atoms with Gasteiger partial charge in [-0.15, -0.1) is 0 Å². The molecule has 1 aliphatic heterocycles. The van der Waals surface area contributed by atoms with Crippen molar-refractivity contribution >= 4 is 34.3 Å². The minimum Gasteiger partial charge on any atom is -0.458 e. The second kappa shape index (κ2) is 7.60. The largest absolute Gasteiger partial charge is 0.458 e. The van der Waals surface area contributed by atoms with Gasteiger partial charge in [-0.05, 0) is 54.6 Å². The molecule has 5 rings (SSSR count). The summed E-state index contributed by atoms with van der Waals surface area (Å²) in [7, 11) is 0. The highest BCUT2D eigenvalue weighted by molar-refractivity contribution is 6.35. The highest BCUT2D eigenvalue weighted by atomic mass is 35.5. The van der Waals surface area contributed by atoms with E-state index in [1.807, 2.05) is 18.2 Å². The van der Waals surface area contributed by atoms with Gasteiger partial charge >= 0.3 is 6.18 Å². The van der Waals surface area contributed by atoms with Gasteiger partial charge in [0.05, 0.1) is 16.1 Å². The van der Waals surface area contributed by atoms with Gasteiger partial charge in [-0.3, -0.25) is 0 Å². The number of aromatic nitrogens is 2. The van der Waals surface area contributed by atoms with E-state index in [9.17, 15) is 13.2 Å². The Balaban J connectivity index is 1.30. The molecule has 0 bridgehead atoms. The third-order valence-corrected chi connectivity index (χ3v) is 5.13. The Bertz CT molecular complexity index is 1190. The highest BCUT2D eigenvalue weighted by Gasteiger charge is 2.32. The number of hydrogen-bond acceptors (Lipinski definition) is 5. The molecule has 31 heavy (non-hydrogen) atoms. The number of fused-ring (bicyclic) bond motifs is 2. The van der Waals surface area contributed by atoms with Gasteiger partial charge in [0, 0.05) is 5.69 Å². The van der Waals surface area contributed by atoms with Crippen LogP contribution < -0.4 is 10.1 Å². The van der Waals surface area contributed by atoms with E-state index in [0.29, 0.717) is 17.2 Å². The number of aromatic amines is 1. The summed E-state index contributed by atoms with van der Waals surface area (Å²) in [5, 5.41) is 2.93. The third-order valence-electron chi connectivity index (χ3n) is 4.84. The van der Waals surface area contributed by atoms with Crippen molar-refractivity contribution < 1.29 is 27.4 Å². The first-order chi connectivity index (χ1) is 14.8. The summed E-state index contributed by atoms with van der Waals surface area (Å²) in [4.78, 5) is 7.05. The smallest absolute Gasteiger partial charge is 0.416 e. The van der Waals surface area contributed by atoms with E-state index in [-0.39, 0.29) is 41.0 Å². The average molecular weight is 450 g/mol. The Labute approximate surface area is 179 Å². The van der Waals surface area contributed by atoms with Gasteiger partial charge in [-0.1, -0.05) is 11.6 Å². The fourth-order valence-corrected chi connectivity index (χ4v) is 3.61. The molecule has 1 aromatic heterocycles. The summed E-state index contributed by atoms with van der Waals surface area (Å²) in [5.41, 5.74) is 0.271. The molecule has 10 heteroatoms. The maximum absolute atomic E-state index is 13.0. The van der Waals surface area contributed by atoms with E-state index in [0.717, 1.165) is 12.1 Å². The van der Waals surface area contributed by atoms with Gasteiger partial charge in [-0.25, -0.2) is 4.98 Å². The van der Waals surface area contributed by atoms with Crippen LogP contribution >= 0.6 is 11.6 Å². The monoisotopic (exact) mass is 449 g/mol. The second-order valence-corrected chi connectivity index (χ2v) is 7.40. The second-order valence-electron chi connectivity index (χ2n) is 7.00. The molecule has 160 valence electrons. The van der Waals surface area contributed by atoms with Crippen molar-refractivity contribution in [2.75, 3.05) is 12.1 Å². The summed E-state index contributed by atoms with van der Waals surface area (Å²) in [6.45, 7) is 0.258. The van der Waals surface area contributed by atoms with Crippen molar-refractivity contribution in [1.29, 1.82) is 0 Å². The molecule has 1 aliphatic carbocycles. The van der Waals surface area contributed by atoms with Crippen molar-refractivity contribution in [3.8, 4) is 5.75 Å². The lowest BCUT2D eigenvalue weighted by atomic mass is 10.1. The summed E-state index contributed by atoms with van der Waals surface area (Å²) in [6, 6.07) is 8.87. The molecule has 1 fully saturated rings. The van der Waals surface area contributed by atoms with Crippen LogP contribution in [0.1, 0.15) is 5.56 Å². The Morgan fingerprint density at radius 2 is 1.90 bits per heavy atom. The van der Waals surface area contributed by atoms with Crippen LogP contribution in [-0.4, -0.2) is 29.0 Å². The van der Waals surface area contributed by atoms with Gasteiger partial charge < -0.3 is 24.5 Å². The van der Waals surface area contributed by atoms with Crippen LogP contribution in [-0.2, 0) is 15.7 Å². The van der Waals surface area contributed by atoms with Gasteiger partial charge in [0.2, 0.25) is 5.95 Å². The Kier molecular flexibility index (Phi) is 4.88. The first kappa shape index (κ1) is 19.9. The lowest BCUT2D eigenvalue weighted by molar-refractivity contribution is -0.137. The minimum atomic E-state index is -4.49. The number of alkyl halides is 3. The van der Waals surface area contributed by atoms with Gasteiger partial charge in [0.25, 0.3) is 0 Å². The van der Waals surface area contributed by atoms with Crippen LogP contribution in [0.15, 0.2) is 60.4 Å². The fourth-order valence-electron chi connectivity index (χ4n) is 3.35. The summed E-state index contributed by atoms with van der Waals surface area (Å²) in [6.07, 6.45) is 0.849. The van der Waals surface area contributed by atoms with Crippen LogP contribution in [0.2, 0.25) is 5.02 Å². The van der Waals surface area contributed by atoms with Gasteiger partial charge in [-0.2, -0.15) is 13.2 Å². The van der Waals surface area contributed by atoms with Crippen molar-refractivity contribution in [2.24, 2.45) is 0 Å². The number of nitrogens with one attached hydrogen (secondary N) is 2. The predicted molar refractivity (Wildman–Crippen MR) is 108 cm³/mol. The van der Waals surface area contributed by atoms with Crippen LogP contribution in [0.3, 0.4) is 0 Å². The fraction of sp³-hybridized carbons (Fsp3) is 0.190. The van der Waals surface area contributed by atoms with Crippen LogP contribution in [0.5, 0.6) is 5.75 Å². The number of nitrogens with zero attached hydrogens (tertiary/aromatic N) is 1. The molecular formula is C21H15ClF3N3O3. The van der Waals surface area contributed by atoms with E-state index in [2.05, 4.69) is 15.3 Å². The van der Waals surface area contributed by atoms with Crippen molar-refractivity contribution in [3.05, 3.63) is 71.0 Å². The van der Waals surface area contributed by atoms with E-state index >= 15 is 0 Å². The molecule has 2 aliphatic rings. The number of H-pyrrole nitrogens is 1. The van der Waals surface area contributed by atoms with Gasteiger partial charge in [0.1, 0.15) is 36.0 Å². The summed E-state index contributed by atoms with van der Waals surface area (Å²) in [5.74, 6) is 1.54. The SMILES string of the molecule is FC(F)(F)c1cc(Cl)c2nc(Nc3ccc(OC4=CC5OCOC5C=C4)cc3)[nH]c2c1. The van der Waals surface area contributed by atoms with Crippen molar-refractivity contribution in [1.82, 2.24) is 9.97 Å². The highest BCUT2D eigenvalue weighted by Crippen LogP contribution is 2.35. The number of imidazole rings is 1. The molecule has 1 saturated heterocycles. The van der Waals surface area contributed by atoms with Crippen molar-refractivity contribution in [3.63, 3.8) is 0 Å². The number of benzene rings is 2. The molecule has 2 unspecified atom stereocenters. The molecule has 2 atom stereocenters.